The minimum absolute atomic E-state index is 0.541. The van der Waals surface area contributed by atoms with E-state index in [1.54, 1.807) is 0 Å². The summed E-state index contributed by atoms with van der Waals surface area (Å²) in [6.45, 7) is 7.16. The molecule has 2 nitrogen and oxygen atoms in total. The summed E-state index contributed by atoms with van der Waals surface area (Å²) in [5.41, 5.74) is 0. The van der Waals surface area contributed by atoms with Crippen LogP contribution in [0.4, 0.5) is 0 Å². The lowest BCUT2D eigenvalue weighted by atomic mass is 9.90. The Labute approximate surface area is 115 Å². The summed E-state index contributed by atoms with van der Waals surface area (Å²) < 4.78 is 0. The normalized spacial score (nSPS) is 21.9. The van der Waals surface area contributed by atoms with E-state index in [1.165, 1.54) is 37.2 Å². The summed E-state index contributed by atoms with van der Waals surface area (Å²) in [4.78, 5) is 3.93. The monoisotopic (exact) mass is 266 g/mol. The Morgan fingerprint density at radius 1 is 1.44 bits per heavy atom. The fraction of sp³-hybridized carbons (Fsp3) is 0.733. The molecule has 0 bridgehead atoms. The van der Waals surface area contributed by atoms with Gasteiger partial charge in [-0.05, 0) is 63.7 Å². The number of nitrogens with zero attached hydrogens (tertiary/aromatic N) is 1. The van der Waals surface area contributed by atoms with E-state index >= 15 is 0 Å². The molecule has 2 unspecified atom stereocenters. The first-order valence-electron chi connectivity index (χ1n) is 7.18. The summed E-state index contributed by atoms with van der Waals surface area (Å²) in [5.74, 6) is 0.843. The number of piperidine rings is 1. The second kappa shape index (κ2) is 6.69. The van der Waals surface area contributed by atoms with Gasteiger partial charge in [0.2, 0.25) is 0 Å². The van der Waals surface area contributed by atoms with Crippen molar-refractivity contribution >= 4 is 11.3 Å². The predicted octanol–water partition coefficient (Wildman–Crippen LogP) is 3.52. The van der Waals surface area contributed by atoms with Crippen molar-refractivity contribution in [3.05, 3.63) is 22.4 Å². The molecule has 18 heavy (non-hydrogen) atoms. The minimum atomic E-state index is 0.541. The van der Waals surface area contributed by atoms with Crippen LogP contribution in [0.15, 0.2) is 17.5 Å². The highest BCUT2D eigenvalue weighted by molar-refractivity contribution is 7.10. The maximum Gasteiger partial charge on any atom is 0.0414 e. The van der Waals surface area contributed by atoms with Crippen LogP contribution in [0, 0.1) is 5.92 Å². The molecule has 2 atom stereocenters. The van der Waals surface area contributed by atoms with Gasteiger partial charge < -0.3 is 10.2 Å². The van der Waals surface area contributed by atoms with Crippen molar-refractivity contribution in [1.29, 1.82) is 0 Å². The number of nitrogens with one attached hydrogen (secondary N) is 1. The van der Waals surface area contributed by atoms with Crippen LogP contribution < -0.4 is 5.32 Å². The molecule has 0 radical (unpaired) electrons. The van der Waals surface area contributed by atoms with Crippen molar-refractivity contribution in [3.8, 4) is 0 Å². The van der Waals surface area contributed by atoms with Crippen molar-refractivity contribution in [3.63, 3.8) is 0 Å². The third-order valence-electron chi connectivity index (χ3n) is 4.23. The van der Waals surface area contributed by atoms with Crippen LogP contribution in [0.25, 0.3) is 0 Å². The van der Waals surface area contributed by atoms with Crippen LogP contribution in [0.2, 0.25) is 0 Å². The Kier molecular flexibility index (Phi) is 5.22. The van der Waals surface area contributed by atoms with E-state index in [9.17, 15) is 0 Å². The summed E-state index contributed by atoms with van der Waals surface area (Å²) in [5, 5.41) is 6.03. The molecule has 1 aromatic heterocycles. The van der Waals surface area contributed by atoms with Crippen molar-refractivity contribution in [2.45, 2.75) is 45.2 Å². The highest BCUT2D eigenvalue weighted by Crippen LogP contribution is 2.26. The molecule has 1 aromatic rings. The number of rotatable bonds is 5. The van der Waals surface area contributed by atoms with E-state index in [0.717, 1.165) is 5.92 Å². The van der Waals surface area contributed by atoms with Crippen molar-refractivity contribution in [2.24, 2.45) is 5.92 Å². The topological polar surface area (TPSA) is 15.3 Å². The summed E-state index contributed by atoms with van der Waals surface area (Å²) >= 11 is 1.87. The smallest absolute Gasteiger partial charge is 0.0414 e. The Morgan fingerprint density at radius 2 is 2.17 bits per heavy atom. The lowest BCUT2D eigenvalue weighted by Gasteiger charge is -2.34. The molecule has 1 aliphatic rings. The first-order valence-corrected chi connectivity index (χ1v) is 8.06. The molecule has 3 heteroatoms. The van der Waals surface area contributed by atoms with E-state index in [4.69, 9.17) is 0 Å². The second-order valence-corrected chi connectivity index (χ2v) is 6.55. The SMILES string of the molecule is CCC(NC(C)C1CCN(C)CC1)c1cccs1. The lowest BCUT2D eigenvalue weighted by molar-refractivity contribution is 0.183. The molecule has 1 N–H and O–H groups in total. The van der Waals surface area contributed by atoms with Gasteiger partial charge in [0, 0.05) is 17.0 Å². The number of hydrogen-bond acceptors (Lipinski definition) is 3. The zero-order valence-electron chi connectivity index (χ0n) is 11.9. The molecule has 0 aromatic carbocycles. The molecule has 1 fully saturated rings. The van der Waals surface area contributed by atoms with Crippen molar-refractivity contribution in [2.75, 3.05) is 20.1 Å². The van der Waals surface area contributed by atoms with Crippen LogP contribution in [-0.2, 0) is 0 Å². The summed E-state index contributed by atoms with van der Waals surface area (Å²) in [7, 11) is 2.23. The first kappa shape index (κ1) is 14.0. The maximum atomic E-state index is 3.85. The van der Waals surface area contributed by atoms with Gasteiger partial charge >= 0.3 is 0 Å². The second-order valence-electron chi connectivity index (χ2n) is 5.57. The van der Waals surface area contributed by atoms with E-state index < -0.39 is 0 Å². The predicted molar refractivity (Wildman–Crippen MR) is 80.2 cm³/mol. The quantitative estimate of drug-likeness (QED) is 0.877. The molecular weight excluding hydrogens is 240 g/mol. The van der Waals surface area contributed by atoms with Crippen LogP contribution in [-0.4, -0.2) is 31.1 Å². The lowest BCUT2D eigenvalue weighted by Crippen LogP contribution is -2.41. The zero-order chi connectivity index (χ0) is 13.0. The van der Waals surface area contributed by atoms with E-state index in [-0.39, 0.29) is 0 Å². The summed E-state index contributed by atoms with van der Waals surface area (Å²) in [6.07, 6.45) is 3.86. The van der Waals surface area contributed by atoms with Gasteiger partial charge in [-0.15, -0.1) is 11.3 Å². The van der Waals surface area contributed by atoms with Crippen molar-refractivity contribution < 1.29 is 0 Å². The van der Waals surface area contributed by atoms with Gasteiger partial charge in [-0.2, -0.15) is 0 Å². The number of thiophene rings is 1. The number of likely N-dealkylation sites (tertiary alicyclic amines) is 1. The zero-order valence-corrected chi connectivity index (χ0v) is 12.7. The molecule has 1 aliphatic heterocycles. The molecule has 0 saturated carbocycles. The Hall–Kier alpha value is -0.380. The van der Waals surface area contributed by atoms with E-state index in [2.05, 4.69) is 48.6 Å². The molecule has 102 valence electrons. The van der Waals surface area contributed by atoms with Crippen molar-refractivity contribution in [1.82, 2.24) is 10.2 Å². The maximum absolute atomic E-state index is 3.85. The Bertz CT molecular complexity index is 328. The van der Waals surface area contributed by atoms with Gasteiger partial charge in [-0.1, -0.05) is 13.0 Å². The third-order valence-corrected chi connectivity index (χ3v) is 5.22. The molecule has 2 rings (SSSR count). The first-order chi connectivity index (χ1) is 8.70. The molecule has 0 amide bonds. The van der Waals surface area contributed by atoms with Crippen LogP contribution in [0.1, 0.15) is 44.0 Å². The van der Waals surface area contributed by atoms with Crippen LogP contribution in [0.5, 0.6) is 0 Å². The van der Waals surface area contributed by atoms with Gasteiger partial charge in [0.05, 0.1) is 0 Å². The summed E-state index contributed by atoms with van der Waals surface area (Å²) in [6, 6.07) is 5.59. The highest BCUT2D eigenvalue weighted by Gasteiger charge is 2.24. The average molecular weight is 266 g/mol. The Morgan fingerprint density at radius 3 is 2.72 bits per heavy atom. The van der Waals surface area contributed by atoms with E-state index in [0.29, 0.717) is 12.1 Å². The Balaban J connectivity index is 1.87. The highest BCUT2D eigenvalue weighted by atomic mass is 32.1. The molecule has 0 spiro atoms. The van der Waals surface area contributed by atoms with E-state index in [1.807, 2.05) is 11.3 Å². The van der Waals surface area contributed by atoms with Gasteiger partial charge in [-0.25, -0.2) is 0 Å². The third kappa shape index (κ3) is 3.56. The molecule has 0 aliphatic carbocycles. The van der Waals surface area contributed by atoms with Crippen LogP contribution >= 0.6 is 11.3 Å². The van der Waals surface area contributed by atoms with Gasteiger partial charge in [-0.3, -0.25) is 0 Å². The standard InChI is InChI=1S/C15H26N2S/c1-4-14(15-6-5-11-18-15)16-12(2)13-7-9-17(3)10-8-13/h5-6,11-14,16H,4,7-10H2,1-3H3. The van der Waals surface area contributed by atoms with Gasteiger partial charge in [0.25, 0.3) is 0 Å². The number of hydrogen-bond donors (Lipinski definition) is 1. The minimum Gasteiger partial charge on any atom is -0.306 e. The largest absolute Gasteiger partial charge is 0.306 e. The average Bonchev–Trinajstić information content (AvgIpc) is 2.90. The van der Waals surface area contributed by atoms with Gasteiger partial charge in [0.1, 0.15) is 0 Å². The fourth-order valence-corrected chi connectivity index (χ4v) is 3.74. The molecule has 2 heterocycles. The molecular formula is C15H26N2S. The van der Waals surface area contributed by atoms with Gasteiger partial charge in [0.15, 0.2) is 0 Å². The molecule has 1 saturated heterocycles. The fourth-order valence-electron chi connectivity index (χ4n) is 2.87. The van der Waals surface area contributed by atoms with Crippen LogP contribution in [0.3, 0.4) is 0 Å².